The van der Waals surface area contributed by atoms with Crippen molar-refractivity contribution in [2.24, 2.45) is 11.7 Å². The second-order valence-electron chi connectivity index (χ2n) is 4.99. The minimum Gasteiger partial charge on any atom is -0.329 e. The van der Waals surface area contributed by atoms with Crippen LogP contribution >= 0.6 is 27.5 Å². The molecule has 1 aromatic carbocycles. The molecule has 0 aliphatic heterocycles. The van der Waals surface area contributed by atoms with Gasteiger partial charge < -0.3 is 11.1 Å². The normalized spacial score (nSPS) is 16.8. The van der Waals surface area contributed by atoms with Crippen LogP contribution in [0.3, 0.4) is 0 Å². The number of rotatable bonds is 7. The number of hydrogen-bond acceptors (Lipinski definition) is 2. The monoisotopic (exact) mass is 330 g/mol. The van der Waals surface area contributed by atoms with E-state index in [0.29, 0.717) is 6.54 Å². The van der Waals surface area contributed by atoms with Crippen molar-refractivity contribution >= 4 is 27.5 Å². The summed E-state index contributed by atoms with van der Waals surface area (Å²) in [5.74, 6) is 0.999. The summed E-state index contributed by atoms with van der Waals surface area (Å²) in [5.41, 5.74) is 6.92. The number of nitrogens with one attached hydrogen (secondary N) is 1. The average Bonchev–Trinajstić information content (AvgIpc) is 3.15. The lowest BCUT2D eigenvalue weighted by Gasteiger charge is -2.18. The van der Waals surface area contributed by atoms with Crippen molar-refractivity contribution in [2.75, 3.05) is 13.1 Å². The number of benzene rings is 1. The molecule has 4 heteroatoms. The third kappa shape index (κ3) is 4.23. The molecule has 2 rings (SSSR count). The molecule has 0 radical (unpaired) electrons. The summed E-state index contributed by atoms with van der Waals surface area (Å²) < 4.78 is 1.00. The van der Waals surface area contributed by atoms with E-state index in [1.54, 1.807) is 0 Å². The van der Waals surface area contributed by atoms with Crippen molar-refractivity contribution in [3.8, 4) is 0 Å². The summed E-state index contributed by atoms with van der Waals surface area (Å²) in [6.45, 7) is 1.59. The molecule has 1 unspecified atom stereocenters. The molecule has 1 saturated carbocycles. The van der Waals surface area contributed by atoms with Gasteiger partial charge in [0.25, 0.3) is 0 Å². The molecule has 0 amide bonds. The van der Waals surface area contributed by atoms with Crippen molar-refractivity contribution in [1.29, 1.82) is 0 Å². The molecular weight excluding hydrogens is 312 g/mol. The van der Waals surface area contributed by atoms with Gasteiger partial charge in [-0.25, -0.2) is 0 Å². The maximum absolute atomic E-state index is 6.25. The third-order valence-corrected chi connectivity index (χ3v) is 4.27. The number of hydrogen-bond donors (Lipinski definition) is 2. The van der Waals surface area contributed by atoms with Crippen LogP contribution < -0.4 is 11.1 Å². The first-order valence-electron chi connectivity index (χ1n) is 6.59. The Balaban J connectivity index is 1.85. The first-order chi connectivity index (χ1) is 8.70. The first kappa shape index (κ1) is 14.3. The second-order valence-corrected chi connectivity index (χ2v) is 6.32. The minimum atomic E-state index is 0.157. The Bertz CT molecular complexity index is 393. The van der Waals surface area contributed by atoms with Crippen LogP contribution in [0.25, 0.3) is 0 Å². The van der Waals surface area contributed by atoms with E-state index in [2.05, 4.69) is 21.2 Å². The van der Waals surface area contributed by atoms with E-state index in [0.717, 1.165) is 27.5 Å². The van der Waals surface area contributed by atoms with Gasteiger partial charge in [-0.3, -0.25) is 0 Å². The topological polar surface area (TPSA) is 38.0 Å². The van der Waals surface area contributed by atoms with Gasteiger partial charge in [0.05, 0.1) is 0 Å². The Kier molecular flexibility index (Phi) is 5.49. The highest BCUT2D eigenvalue weighted by Gasteiger charge is 2.20. The van der Waals surface area contributed by atoms with Gasteiger partial charge in [-0.1, -0.05) is 46.4 Å². The fourth-order valence-electron chi connectivity index (χ4n) is 2.18. The molecule has 0 aromatic heterocycles. The highest BCUT2D eigenvalue weighted by Crippen LogP contribution is 2.33. The maximum Gasteiger partial charge on any atom is 0.0465 e. The maximum atomic E-state index is 6.25. The van der Waals surface area contributed by atoms with Crippen molar-refractivity contribution in [3.63, 3.8) is 0 Å². The molecule has 1 aliphatic carbocycles. The lowest BCUT2D eigenvalue weighted by atomic mass is 10.1. The SMILES string of the molecule is NCC(NCCCC1CC1)c1ccc(Br)cc1Cl. The summed E-state index contributed by atoms with van der Waals surface area (Å²) >= 11 is 9.67. The quantitative estimate of drug-likeness (QED) is 0.744. The van der Waals surface area contributed by atoms with Gasteiger partial charge in [-0.05, 0) is 43.0 Å². The molecule has 0 heterocycles. The molecule has 1 aliphatic rings. The van der Waals surface area contributed by atoms with Crippen molar-refractivity contribution in [2.45, 2.75) is 31.7 Å². The summed E-state index contributed by atoms with van der Waals surface area (Å²) in [6, 6.07) is 6.13. The van der Waals surface area contributed by atoms with Crippen LogP contribution in [0, 0.1) is 5.92 Å². The molecule has 0 bridgehead atoms. The molecule has 0 spiro atoms. The van der Waals surface area contributed by atoms with Crippen LogP contribution in [0.1, 0.15) is 37.3 Å². The summed E-state index contributed by atoms with van der Waals surface area (Å²) in [4.78, 5) is 0. The summed E-state index contributed by atoms with van der Waals surface area (Å²) in [6.07, 6.45) is 5.44. The molecule has 3 N–H and O–H groups in total. The predicted molar refractivity (Wildman–Crippen MR) is 80.9 cm³/mol. The molecule has 0 saturated heterocycles. The van der Waals surface area contributed by atoms with Gasteiger partial charge >= 0.3 is 0 Å². The minimum absolute atomic E-state index is 0.157. The molecule has 1 fully saturated rings. The van der Waals surface area contributed by atoms with Crippen LogP contribution in [0.2, 0.25) is 5.02 Å². The van der Waals surface area contributed by atoms with Crippen LogP contribution in [0.15, 0.2) is 22.7 Å². The Morgan fingerprint density at radius 3 is 2.83 bits per heavy atom. The molecule has 2 nitrogen and oxygen atoms in total. The van der Waals surface area contributed by atoms with Gasteiger partial charge in [-0.2, -0.15) is 0 Å². The fourth-order valence-corrected chi connectivity index (χ4v) is 2.98. The second kappa shape index (κ2) is 6.90. The average molecular weight is 332 g/mol. The zero-order valence-electron chi connectivity index (χ0n) is 10.5. The van der Waals surface area contributed by atoms with Gasteiger partial charge in [0.2, 0.25) is 0 Å². The zero-order chi connectivity index (χ0) is 13.0. The Labute approximate surface area is 122 Å². The van der Waals surface area contributed by atoms with Crippen LogP contribution in [-0.4, -0.2) is 13.1 Å². The molecule has 1 atom stereocenters. The number of nitrogens with two attached hydrogens (primary N) is 1. The van der Waals surface area contributed by atoms with Gasteiger partial charge in [0.15, 0.2) is 0 Å². The highest BCUT2D eigenvalue weighted by atomic mass is 79.9. The Morgan fingerprint density at radius 1 is 1.44 bits per heavy atom. The van der Waals surface area contributed by atoms with E-state index in [9.17, 15) is 0 Å². The van der Waals surface area contributed by atoms with E-state index in [1.165, 1.54) is 25.7 Å². The Morgan fingerprint density at radius 2 is 2.22 bits per heavy atom. The van der Waals surface area contributed by atoms with Crippen molar-refractivity contribution in [1.82, 2.24) is 5.32 Å². The molecular formula is C14H20BrClN2. The highest BCUT2D eigenvalue weighted by molar-refractivity contribution is 9.10. The standard InChI is InChI=1S/C14H20BrClN2/c15-11-5-6-12(13(16)8-11)14(9-17)18-7-1-2-10-3-4-10/h5-6,8,10,14,18H,1-4,7,9,17H2. The van der Waals surface area contributed by atoms with Crippen molar-refractivity contribution < 1.29 is 0 Å². The van der Waals surface area contributed by atoms with Gasteiger partial charge in [0.1, 0.15) is 0 Å². The smallest absolute Gasteiger partial charge is 0.0465 e. The van der Waals surface area contributed by atoms with Crippen LogP contribution in [-0.2, 0) is 0 Å². The largest absolute Gasteiger partial charge is 0.329 e. The fraction of sp³-hybridized carbons (Fsp3) is 0.571. The van der Waals surface area contributed by atoms with E-state index in [4.69, 9.17) is 17.3 Å². The van der Waals surface area contributed by atoms with Crippen LogP contribution in [0.4, 0.5) is 0 Å². The van der Waals surface area contributed by atoms with Crippen molar-refractivity contribution in [3.05, 3.63) is 33.3 Å². The van der Waals surface area contributed by atoms with Gasteiger partial charge in [-0.15, -0.1) is 0 Å². The van der Waals surface area contributed by atoms with E-state index in [1.807, 2.05) is 18.2 Å². The van der Waals surface area contributed by atoms with Crippen LogP contribution in [0.5, 0.6) is 0 Å². The first-order valence-corrected chi connectivity index (χ1v) is 7.76. The number of halogens is 2. The predicted octanol–water partition coefficient (Wildman–Crippen LogP) is 3.88. The lowest BCUT2D eigenvalue weighted by Crippen LogP contribution is -2.29. The third-order valence-electron chi connectivity index (χ3n) is 3.45. The van der Waals surface area contributed by atoms with E-state index >= 15 is 0 Å². The van der Waals surface area contributed by atoms with E-state index < -0.39 is 0 Å². The summed E-state index contributed by atoms with van der Waals surface area (Å²) in [5, 5.41) is 4.28. The lowest BCUT2D eigenvalue weighted by molar-refractivity contribution is 0.512. The zero-order valence-corrected chi connectivity index (χ0v) is 12.8. The molecule has 1 aromatic rings. The molecule has 18 heavy (non-hydrogen) atoms. The Hall–Kier alpha value is -0.0900. The van der Waals surface area contributed by atoms with Gasteiger partial charge in [0, 0.05) is 22.1 Å². The van der Waals surface area contributed by atoms with E-state index in [-0.39, 0.29) is 6.04 Å². The molecule has 100 valence electrons. The summed E-state index contributed by atoms with van der Waals surface area (Å²) in [7, 11) is 0.